The van der Waals surface area contributed by atoms with Crippen molar-refractivity contribution in [1.29, 1.82) is 0 Å². The molecule has 0 bridgehead atoms. The molecule has 11 heteroatoms. The van der Waals surface area contributed by atoms with E-state index < -0.39 is 0 Å². The van der Waals surface area contributed by atoms with Crippen molar-refractivity contribution >= 4 is 30.3 Å². The first-order valence-electron chi connectivity index (χ1n) is 11.6. The second kappa shape index (κ2) is 9.94. The molecule has 0 saturated carbocycles. The van der Waals surface area contributed by atoms with Crippen LogP contribution in [0.2, 0.25) is 0 Å². The standard InChI is InChI=1S/C22H34N10.ClH/c23-14-7-15(24)10-31(9-14)21-28-20(27-19-6-5-13-3-1-2-4-18(13)19)29-22(30-21)32-11-16(25)8-17(26)12-32;/h1-4,14-17,19H,5-12,23-26H2,(H,27,28,29,30);1H/t14-,15+,16-,17+,19?;. The molecule has 2 aromatic rings. The molecule has 2 fully saturated rings. The molecular formula is C22H35ClN10. The maximum Gasteiger partial charge on any atom is 0.232 e. The molecule has 0 spiro atoms. The van der Waals surface area contributed by atoms with Gasteiger partial charge in [0.2, 0.25) is 17.8 Å². The molecule has 0 radical (unpaired) electrons. The van der Waals surface area contributed by atoms with Crippen LogP contribution in [-0.4, -0.2) is 65.3 Å². The second-order valence-corrected chi connectivity index (χ2v) is 9.52. The first kappa shape index (κ1) is 23.9. The van der Waals surface area contributed by atoms with E-state index in [9.17, 15) is 0 Å². The highest BCUT2D eigenvalue weighted by atomic mass is 35.5. The highest BCUT2D eigenvalue weighted by Crippen LogP contribution is 2.33. The molecule has 10 nitrogen and oxygen atoms in total. The third-order valence-electron chi connectivity index (χ3n) is 6.64. The second-order valence-electron chi connectivity index (χ2n) is 9.52. The predicted octanol–water partition coefficient (Wildman–Crippen LogP) is 0.122. The molecule has 1 aromatic carbocycles. The Morgan fingerprint density at radius 1 is 0.758 bits per heavy atom. The SMILES string of the molecule is Cl.N[C@@H]1C[C@H](N)CN(c2nc(NC3CCc4ccccc43)nc(N3C[C@H](N)C[C@H](N)C3)n2)C1. The molecule has 0 amide bonds. The van der Waals surface area contributed by atoms with Crippen molar-refractivity contribution in [2.45, 2.75) is 55.9 Å². The molecule has 1 unspecified atom stereocenters. The molecule has 1 aliphatic carbocycles. The zero-order valence-electron chi connectivity index (χ0n) is 18.8. The third kappa shape index (κ3) is 5.30. The number of nitrogens with two attached hydrogens (primary N) is 4. The van der Waals surface area contributed by atoms with Gasteiger partial charge in [0.15, 0.2) is 0 Å². The lowest BCUT2D eigenvalue weighted by Crippen LogP contribution is -2.54. The Hall–Kier alpha value is -2.24. The highest BCUT2D eigenvalue weighted by Gasteiger charge is 2.30. The molecule has 3 aliphatic rings. The van der Waals surface area contributed by atoms with Crippen molar-refractivity contribution in [2.24, 2.45) is 22.9 Å². The molecule has 9 N–H and O–H groups in total. The Morgan fingerprint density at radius 2 is 1.27 bits per heavy atom. The van der Waals surface area contributed by atoms with Gasteiger partial charge in [0.1, 0.15) is 0 Å². The summed E-state index contributed by atoms with van der Waals surface area (Å²) >= 11 is 0. The lowest BCUT2D eigenvalue weighted by atomic mass is 10.0. The minimum Gasteiger partial charge on any atom is -0.347 e. The van der Waals surface area contributed by atoms with Crippen LogP contribution in [0.25, 0.3) is 0 Å². The Balaban J connectivity index is 0.00000259. The summed E-state index contributed by atoms with van der Waals surface area (Å²) in [4.78, 5) is 18.5. The lowest BCUT2D eigenvalue weighted by Gasteiger charge is -2.37. The molecule has 5 atom stereocenters. The summed E-state index contributed by atoms with van der Waals surface area (Å²) in [5.41, 5.74) is 27.6. The van der Waals surface area contributed by atoms with Gasteiger partial charge < -0.3 is 38.1 Å². The van der Waals surface area contributed by atoms with E-state index in [0.717, 1.165) is 25.7 Å². The number of hydrogen-bond acceptors (Lipinski definition) is 10. The monoisotopic (exact) mass is 474 g/mol. The molecule has 2 saturated heterocycles. The predicted molar refractivity (Wildman–Crippen MR) is 134 cm³/mol. The summed E-state index contributed by atoms with van der Waals surface area (Å²) in [6, 6.07) is 8.68. The molecule has 1 aromatic heterocycles. The number of benzene rings is 1. The van der Waals surface area contributed by atoms with Gasteiger partial charge in [0, 0.05) is 50.3 Å². The van der Waals surface area contributed by atoms with Gasteiger partial charge in [-0.1, -0.05) is 24.3 Å². The van der Waals surface area contributed by atoms with Gasteiger partial charge in [0.25, 0.3) is 0 Å². The third-order valence-corrected chi connectivity index (χ3v) is 6.64. The summed E-state index contributed by atoms with van der Waals surface area (Å²) in [6.07, 6.45) is 3.65. The van der Waals surface area contributed by atoms with Crippen molar-refractivity contribution in [1.82, 2.24) is 15.0 Å². The van der Waals surface area contributed by atoms with E-state index in [1.54, 1.807) is 0 Å². The summed E-state index contributed by atoms with van der Waals surface area (Å²) in [5, 5.41) is 3.56. The van der Waals surface area contributed by atoms with Crippen LogP contribution in [0.15, 0.2) is 24.3 Å². The van der Waals surface area contributed by atoms with Crippen molar-refractivity contribution in [3.05, 3.63) is 35.4 Å². The van der Waals surface area contributed by atoms with Crippen LogP contribution in [0.3, 0.4) is 0 Å². The van der Waals surface area contributed by atoms with Gasteiger partial charge in [-0.05, 0) is 36.8 Å². The van der Waals surface area contributed by atoms with Crippen LogP contribution in [0.1, 0.15) is 36.4 Å². The number of halogens is 1. The average molecular weight is 475 g/mol. The number of fused-ring (bicyclic) bond motifs is 1. The fourth-order valence-electron chi connectivity index (χ4n) is 5.25. The molecule has 180 valence electrons. The van der Waals surface area contributed by atoms with Crippen LogP contribution in [0, 0.1) is 0 Å². The number of anilines is 3. The normalized spacial score (nSPS) is 29.4. The van der Waals surface area contributed by atoms with E-state index in [1.165, 1.54) is 11.1 Å². The average Bonchev–Trinajstić information content (AvgIpc) is 3.15. The topological polar surface area (TPSA) is 161 Å². The van der Waals surface area contributed by atoms with Crippen LogP contribution in [0.5, 0.6) is 0 Å². The fourth-order valence-corrected chi connectivity index (χ4v) is 5.25. The Labute approximate surface area is 200 Å². The smallest absolute Gasteiger partial charge is 0.232 e. The number of nitrogens with zero attached hydrogens (tertiary/aromatic N) is 5. The Bertz CT molecular complexity index is 894. The van der Waals surface area contributed by atoms with E-state index >= 15 is 0 Å². The van der Waals surface area contributed by atoms with Crippen molar-refractivity contribution in [3.63, 3.8) is 0 Å². The molecule has 5 rings (SSSR count). The van der Waals surface area contributed by atoms with Gasteiger partial charge >= 0.3 is 0 Å². The van der Waals surface area contributed by atoms with Crippen LogP contribution < -0.4 is 38.1 Å². The molecule has 33 heavy (non-hydrogen) atoms. The maximum atomic E-state index is 6.24. The lowest BCUT2D eigenvalue weighted by molar-refractivity contribution is 0.441. The molecule has 2 aliphatic heterocycles. The first-order valence-corrected chi connectivity index (χ1v) is 11.6. The number of piperidine rings is 2. The van der Waals surface area contributed by atoms with Crippen LogP contribution in [0.4, 0.5) is 17.8 Å². The Kier molecular flexibility index (Phi) is 7.20. The van der Waals surface area contributed by atoms with Gasteiger partial charge in [0.05, 0.1) is 6.04 Å². The first-order chi connectivity index (χ1) is 15.4. The van der Waals surface area contributed by atoms with E-state index in [-0.39, 0.29) is 42.6 Å². The molecular weight excluding hydrogens is 440 g/mol. The van der Waals surface area contributed by atoms with Crippen LogP contribution in [-0.2, 0) is 6.42 Å². The van der Waals surface area contributed by atoms with Gasteiger partial charge in [-0.2, -0.15) is 15.0 Å². The van der Waals surface area contributed by atoms with Crippen molar-refractivity contribution in [2.75, 3.05) is 41.3 Å². The van der Waals surface area contributed by atoms with Crippen molar-refractivity contribution < 1.29 is 0 Å². The fraction of sp³-hybridized carbons (Fsp3) is 0.591. The van der Waals surface area contributed by atoms with Gasteiger partial charge in [-0.25, -0.2) is 0 Å². The van der Waals surface area contributed by atoms with E-state index in [2.05, 4.69) is 39.4 Å². The summed E-state index contributed by atoms with van der Waals surface area (Å²) in [5.74, 6) is 1.76. The number of hydrogen-bond donors (Lipinski definition) is 5. The number of aromatic nitrogens is 3. The summed E-state index contributed by atoms with van der Waals surface area (Å²) in [7, 11) is 0. The van der Waals surface area contributed by atoms with E-state index in [0.29, 0.717) is 44.0 Å². The zero-order chi connectivity index (χ0) is 22.2. The minimum absolute atomic E-state index is 0. The number of nitrogens with one attached hydrogen (secondary N) is 1. The minimum atomic E-state index is -0.00563. The number of aryl methyl sites for hydroxylation is 1. The van der Waals surface area contributed by atoms with E-state index in [4.69, 9.17) is 37.9 Å². The molecule has 3 heterocycles. The summed E-state index contributed by atoms with van der Waals surface area (Å²) in [6.45, 7) is 2.67. The van der Waals surface area contributed by atoms with Crippen LogP contribution >= 0.6 is 12.4 Å². The quantitative estimate of drug-likeness (QED) is 0.411. The summed E-state index contributed by atoms with van der Waals surface area (Å²) < 4.78 is 0. The van der Waals surface area contributed by atoms with Gasteiger partial charge in [-0.3, -0.25) is 0 Å². The van der Waals surface area contributed by atoms with Crippen molar-refractivity contribution in [3.8, 4) is 0 Å². The largest absolute Gasteiger partial charge is 0.347 e. The van der Waals surface area contributed by atoms with Gasteiger partial charge in [-0.15, -0.1) is 12.4 Å². The highest BCUT2D eigenvalue weighted by molar-refractivity contribution is 5.85. The maximum absolute atomic E-state index is 6.24. The van der Waals surface area contributed by atoms with E-state index in [1.807, 2.05) is 0 Å². The zero-order valence-corrected chi connectivity index (χ0v) is 19.6. The Morgan fingerprint density at radius 3 is 1.82 bits per heavy atom. The number of rotatable bonds is 4.